The van der Waals surface area contributed by atoms with E-state index in [4.69, 9.17) is 23.2 Å². The van der Waals surface area contributed by atoms with Crippen molar-refractivity contribution in [3.05, 3.63) is 69.5 Å². The summed E-state index contributed by atoms with van der Waals surface area (Å²) in [7, 11) is 1.79. The Balaban J connectivity index is 1.59. The predicted octanol–water partition coefficient (Wildman–Crippen LogP) is 4.65. The average molecular weight is 478 g/mol. The molecule has 0 saturated heterocycles. The summed E-state index contributed by atoms with van der Waals surface area (Å²) in [6.07, 6.45) is 0. The molecule has 0 aliphatic heterocycles. The van der Waals surface area contributed by atoms with Crippen LogP contribution in [-0.2, 0) is 11.8 Å². The minimum Gasteiger partial charge on any atom is -0.342 e. The summed E-state index contributed by atoms with van der Waals surface area (Å²) >= 11 is 13.2. The second-order valence-electron chi connectivity index (χ2n) is 6.93. The Labute approximate surface area is 194 Å². The highest BCUT2D eigenvalue weighted by molar-refractivity contribution is 7.99. The highest BCUT2D eigenvalue weighted by Crippen LogP contribution is 2.24. The zero-order chi connectivity index (χ0) is 22.5. The summed E-state index contributed by atoms with van der Waals surface area (Å²) in [6, 6.07) is 11.9. The van der Waals surface area contributed by atoms with Crippen molar-refractivity contribution in [1.29, 1.82) is 0 Å². The number of benzene rings is 2. The van der Waals surface area contributed by atoms with E-state index in [1.54, 1.807) is 30.7 Å². The SMILES string of the molecule is Cc1cccc(NC(=O)CSc2nnc([C@@H](C)NC(=O)c3ccc(Cl)c(Cl)c3)n2C)c1. The van der Waals surface area contributed by atoms with Gasteiger partial charge in [-0.2, -0.15) is 0 Å². The van der Waals surface area contributed by atoms with Crippen LogP contribution < -0.4 is 10.6 Å². The lowest BCUT2D eigenvalue weighted by atomic mass is 10.2. The molecule has 7 nitrogen and oxygen atoms in total. The molecule has 10 heteroatoms. The Morgan fingerprint density at radius 1 is 1.13 bits per heavy atom. The van der Waals surface area contributed by atoms with Crippen molar-refractivity contribution in [3.63, 3.8) is 0 Å². The molecule has 0 saturated carbocycles. The molecule has 1 atom stereocenters. The van der Waals surface area contributed by atoms with Crippen molar-refractivity contribution in [3.8, 4) is 0 Å². The lowest BCUT2D eigenvalue weighted by Crippen LogP contribution is -2.28. The van der Waals surface area contributed by atoms with Gasteiger partial charge in [-0.15, -0.1) is 10.2 Å². The van der Waals surface area contributed by atoms with Gasteiger partial charge in [0.2, 0.25) is 5.91 Å². The van der Waals surface area contributed by atoms with Gasteiger partial charge in [0, 0.05) is 18.3 Å². The van der Waals surface area contributed by atoms with Crippen LogP contribution in [0.5, 0.6) is 0 Å². The van der Waals surface area contributed by atoms with Crippen molar-refractivity contribution < 1.29 is 9.59 Å². The van der Waals surface area contributed by atoms with E-state index in [0.29, 0.717) is 26.6 Å². The molecule has 0 radical (unpaired) electrons. The van der Waals surface area contributed by atoms with Crippen LogP contribution >= 0.6 is 35.0 Å². The van der Waals surface area contributed by atoms with Crippen molar-refractivity contribution in [1.82, 2.24) is 20.1 Å². The van der Waals surface area contributed by atoms with E-state index in [1.807, 2.05) is 31.2 Å². The number of aryl methyl sites for hydroxylation is 1. The van der Waals surface area contributed by atoms with E-state index >= 15 is 0 Å². The highest BCUT2D eigenvalue weighted by atomic mass is 35.5. The molecule has 1 heterocycles. The van der Waals surface area contributed by atoms with Crippen LogP contribution in [0.4, 0.5) is 5.69 Å². The van der Waals surface area contributed by atoms with E-state index < -0.39 is 6.04 Å². The standard InChI is InChI=1S/C21H21Cl2N5O2S/c1-12-5-4-6-15(9-12)25-18(29)11-31-21-27-26-19(28(21)3)13(2)24-20(30)14-7-8-16(22)17(23)10-14/h4-10,13H,11H2,1-3H3,(H,24,30)(H,25,29)/t13-/m1/s1. The topological polar surface area (TPSA) is 88.9 Å². The Morgan fingerprint density at radius 3 is 2.61 bits per heavy atom. The fourth-order valence-electron chi connectivity index (χ4n) is 2.86. The number of aromatic nitrogens is 3. The molecule has 31 heavy (non-hydrogen) atoms. The van der Waals surface area contributed by atoms with Crippen LogP contribution in [0.1, 0.15) is 34.7 Å². The first-order valence-electron chi connectivity index (χ1n) is 9.39. The summed E-state index contributed by atoms with van der Waals surface area (Å²) in [5.41, 5.74) is 2.22. The largest absolute Gasteiger partial charge is 0.342 e. The molecule has 3 aromatic rings. The van der Waals surface area contributed by atoms with Crippen molar-refractivity contribution in [2.24, 2.45) is 7.05 Å². The molecule has 2 aromatic carbocycles. The first-order valence-corrected chi connectivity index (χ1v) is 11.1. The van der Waals surface area contributed by atoms with Crippen molar-refractivity contribution in [2.75, 3.05) is 11.1 Å². The third kappa shape index (κ3) is 6.00. The van der Waals surface area contributed by atoms with Gasteiger partial charge in [-0.25, -0.2) is 0 Å². The summed E-state index contributed by atoms with van der Waals surface area (Å²) in [4.78, 5) is 24.7. The maximum absolute atomic E-state index is 12.5. The lowest BCUT2D eigenvalue weighted by molar-refractivity contribution is -0.113. The van der Waals surface area contributed by atoms with Crippen molar-refractivity contribution >= 4 is 52.5 Å². The predicted molar refractivity (Wildman–Crippen MR) is 124 cm³/mol. The quantitative estimate of drug-likeness (QED) is 0.483. The van der Waals surface area contributed by atoms with Gasteiger partial charge in [-0.05, 0) is 49.7 Å². The van der Waals surface area contributed by atoms with Crippen molar-refractivity contribution in [2.45, 2.75) is 25.0 Å². The number of halogens is 2. The van der Waals surface area contributed by atoms with E-state index in [2.05, 4.69) is 20.8 Å². The maximum Gasteiger partial charge on any atom is 0.251 e. The summed E-state index contributed by atoms with van der Waals surface area (Å²) in [5, 5.41) is 15.3. The molecule has 0 bridgehead atoms. The molecule has 3 rings (SSSR count). The highest BCUT2D eigenvalue weighted by Gasteiger charge is 2.19. The summed E-state index contributed by atoms with van der Waals surface area (Å²) < 4.78 is 1.75. The minimum absolute atomic E-state index is 0.138. The molecule has 162 valence electrons. The second kappa shape index (κ2) is 10.2. The molecule has 2 N–H and O–H groups in total. The van der Waals surface area contributed by atoms with Crippen LogP contribution in [0.15, 0.2) is 47.6 Å². The van der Waals surface area contributed by atoms with Gasteiger partial charge >= 0.3 is 0 Å². The van der Waals surface area contributed by atoms with E-state index in [9.17, 15) is 9.59 Å². The van der Waals surface area contributed by atoms with Gasteiger partial charge in [-0.3, -0.25) is 9.59 Å². The second-order valence-corrected chi connectivity index (χ2v) is 8.69. The number of rotatable bonds is 7. The molecular weight excluding hydrogens is 457 g/mol. The fraction of sp³-hybridized carbons (Fsp3) is 0.238. The number of amides is 2. The monoisotopic (exact) mass is 477 g/mol. The van der Waals surface area contributed by atoms with Crippen LogP contribution in [0.3, 0.4) is 0 Å². The molecule has 2 amide bonds. The Hall–Kier alpha value is -2.55. The lowest BCUT2D eigenvalue weighted by Gasteiger charge is -2.14. The van der Waals surface area contributed by atoms with E-state index in [1.165, 1.54) is 17.8 Å². The van der Waals surface area contributed by atoms with Gasteiger partial charge in [0.05, 0.1) is 21.8 Å². The number of nitrogens with one attached hydrogen (secondary N) is 2. The molecular formula is C21H21Cl2N5O2S. The number of nitrogens with zero attached hydrogens (tertiary/aromatic N) is 3. The van der Waals surface area contributed by atoms with Gasteiger partial charge in [0.1, 0.15) is 0 Å². The summed E-state index contributed by atoms with van der Waals surface area (Å²) in [5.74, 6) is 0.307. The van der Waals surface area contributed by atoms with Gasteiger partial charge in [0.15, 0.2) is 11.0 Å². The van der Waals surface area contributed by atoms with Crippen LogP contribution in [0, 0.1) is 6.92 Å². The maximum atomic E-state index is 12.5. The van der Waals surface area contributed by atoms with Crippen LogP contribution in [0.2, 0.25) is 10.0 Å². The van der Waals surface area contributed by atoms with Gasteiger partial charge in [-0.1, -0.05) is 47.1 Å². The number of anilines is 1. The van der Waals surface area contributed by atoms with E-state index in [-0.39, 0.29) is 17.6 Å². The normalized spacial score (nSPS) is 11.8. The number of carbonyl (C=O) groups excluding carboxylic acids is 2. The molecule has 1 aromatic heterocycles. The number of hydrogen-bond acceptors (Lipinski definition) is 5. The molecule has 0 unspecified atom stereocenters. The zero-order valence-electron chi connectivity index (χ0n) is 17.1. The smallest absolute Gasteiger partial charge is 0.251 e. The van der Waals surface area contributed by atoms with E-state index in [0.717, 1.165) is 11.3 Å². The first-order chi connectivity index (χ1) is 14.7. The zero-order valence-corrected chi connectivity index (χ0v) is 19.5. The first kappa shape index (κ1) is 23.1. The average Bonchev–Trinajstić information content (AvgIpc) is 3.09. The van der Waals surface area contributed by atoms with Gasteiger partial charge < -0.3 is 15.2 Å². The Kier molecular flexibility index (Phi) is 7.59. The minimum atomic E-state index is -0.407. The molecule has 0 aliphatic carbocycles. The van der Waals surface area contributed by atoms with Crippen LogP contribution in [0.25, 0.3) is 0 Å². The molecule has 0 fully saturated rings. The Bertz CT molecular complexity index is 1120. The number of hydrogen-bond donors (Lipinski definition) is 2. The number of carbonyl (C=O) groups is 2. The number of thioether (sulfide) groups is 1. The van der Waals surface area contributed by atoms with Crippen LogP contribution in [-0.4, -0.2) is 32.3 Å². The summed E-state index contributed by atoms with van der Waals surface area (Å²) in [6.45, 7) is 3.77. The fourth-order valence-corrected chi connectivity index (χ4v) is 3.88. The van der Waals surface area contributed by atoms with Gasteiger partial charge in [0.25, 0.3) is 5.91 Å². The molecule has 0 spiro atoms. The third-order valence-corrected chi connectivity index (χ3v) is 6.18. The third-order valence-electron chi connectivity index (χ3n) is 4.42. The Morgan fingerprint density at radius 2 is 1.90 bits per heavy atom. The molecule has 0 aliphatic rings.